The Bertz CT molecular complexity index is 342. The number of ketones is 1. The van der Waals surface area contributed by atoms with Crippen molar-refractivity contribution in [1.29, 1.82) is 0 Å². The van der Waals surface area contributed by atoms with E-state index < -0.39 is 0 Å². The van der Waals surface area contributed by atoms with Crippen molar-refractivity contribution >= 4 is 11.5 Å². The van der Waals surface area contributed by atoms with Gasteiger partial charge in [0.1, 0.15) is 0 Å². The topological polar surface area (TPSA) is 43.1 Å². The highest BCUT2D eigenvalue weighted by molar-refractivity contribution is 5.99. The number of Topliss-reactive ketones (excluding diaryl/α,β-unsaturated/α-hetero) is 1. The number of carbonyl (C=O) groups is 1. The molecule has 1 rings (SSSR count). The van der Waals surface area contributed by atoms with Crippen molar-refractivity contribution in [2.24, 2.45) is 0 Å². The largest absolute Gasteiger partial charge is 0.398 e. The number of nitrogens with two attached hydrogens (primary N) is 1. The van der Waals surface area contributed by atoms with E-state index in [9.17, 15) is 4.79 Å². The molecule has 2 nitrogen and oxygen atoms in total. The Morgan fingerprint density at radius 1 is 1.46 bits per heavy atom. The van der Waals surface area contributed by atoms with Gasteiger partial charge in [0.25, 0.3) is 0 Å². The molecule has 0 aromatic heterocycles. The molecule has 0 fully saturated rings. The lowest BCUT2D eigenvalue weighted by Crippen LogP contribution is -2.03. The summed E-state index contributed by atoms with van der Waals surface area (Å²) in [5, 5.41) is 0. The second kappa shape index (κ2) is 3.60. The number of benzene rings is 1. The van der Waals surface area contributed by atoms with Crippen molar-refractivity contribution in [2.75, 3.05) is 5.73 Å². The fourth-order valence-electron chi connectivity index (χ4n) is 1.37. The van der Waals surface area contributed by atoms with Gasteiger partial charge in [-0.3, -0.25) is 4.79 Å². The van der Waals surface area contributed by atoms with Crippen molar-refractivity contribution in [3.05, 3.63) is 28.8 Å². The summed E-state index contributed by atoms with van der Waals surface area (Å²) in [5.74, 6) is 0.0379. The molecule has 1 aromatic rings. The van der Waals surface area contributed by atoms with Crippen LogP contribution in [0.1, 0.15) is 35.3 Å². The zero-order valence-corrected chi connectivity index (χ0v) is 8.35. The zero-order valence-electron chi connectivity index (χ0n) is 8.35. The second-order valence-corrected chi connectivity index (χ2v) is 3.28. The third-order valence-corrected chi connectivity index (χ3v) is 2.23. The summed E-state index contributed by atoms with van der Waals surface area (Å²) in [6.07, 6.45) is 0.932. The molecule has 0 aliphatic rings. The summed E-state index contributed by atoms with van der Waals surface area (Å²) < 4.78 is 0. The van der Waals surface area contributed by atoms with Crippen LogP contribution < -0.4 is 5.73 Å². The average molecular weight is 177 g/mol. The van der Waals surface area contributed by atoms with E-state index in [1.807, 2.05) is 19.1 Å². The molecule has 0 aliphatic carbocycles. The Morgan fingerprint density at radius 3 is 2.54 bits per heavy atom. The second-order valence-electron chi connectivity index (χ2n) is 3.28. The molecule has 13 heavy (non-hydrogen) atoms. The molecular formula is C11H15NO. The lowest BCUT2D eigenvalue weighted by molar-refractivity contribution is 0.101. The molecule has 0 unspecified atom stereocenters. The lowest BCUT2D eigenvalue weighted by Gasteiger charge is -2.08. The van der Waals surface area contributed by atoms with Crippen LogP contribution in [0.4, 0.5) is 5.69 Å². The van der Waals surface area contributed by atoms with E-state index in [-0.39, 0.29) is 5.78 Å². The van der Waals surface area contributed by atoms with E-state index in [1.165, 1.54) is 0 Å². The van der Waals surface area contributed by atoms with Gasteiger partial charge in [0, 0.05) is 11.3 Å². The van der Waals surface area contributed by atoms with Crippen LogP contribution in [0.15, 0.2) is 12.1 Å². The highest BCUT2D eigenvalue weighted by Crippen LogP contribution is 2.20. The number of hydrogen-bond acceptors (Lipinski definition) is 2. The minimum Gasteiger partial charge on any atom is -0.398 e. The van der Waals surface area contributed by atoms with Gasteiger partial charge in [0.2, 0.25) is 0 Å². The van der Waals surface area contributed by atoms with Gasteiger partial charge in [0.15, 0.2) is 5.78 Å². The van der Waals surface area contributed by atoms with E-state index in [2.05, 4.69) is 6.92 Å². The first-order valence-corrected chi connectivity index (χ1v) is 4.46. The number of nitrogen functional groups attached to an aromatic ring is 1. The van der Waals surface area contributed by atoms with Crippen molar-refractivity contribution in [3.63, 3.8) is 0 Å². The van der Waals surface area contributed by atoms with E-state index in [0.717, 1.165) is 17.5 Å². The molecule has 0 amide bonds. The predicted molar refractivity (Wildman–Crippen MR) is 55.0 cm³/mol. The van der Waals surface area contributed by atoms with Gasteiger partial charge in [0.05, 0.1) is 0 Å². The van der Waals surface area contributed by atoms with Gasteiger partial charge in [-0.25, -0.2) is 0 Å². The minimum atomic E-state index is 0.0379. The maximum Gasteiger partial charge on any atom is 0.161 e. The Labute approximate surface area is 78.8 Å². The number of rotatable bonds is 2. The maximum atomic E-state index is 11.2. The first kappa shape index (κ1) is 9.78. The Morgan fingerprint density at radius 2 is 2.08 bits per heavy atom. The fraction of sp³-hybridized carbons (Fsp3) is 0.364. The van der Waals surface area contributed by atoms with Crippen LogP contribution in [0.2, 0.25) is 0 Å². The summed E-state index contributed by atoms with van der Waals surface area (Å²) >= 11 is 0. The molecule has 0 saturated heterocycles. The number of anilines is 1. The van der Waals surface area contributed by atoms with E-state index in [1.54, 1.807) is 6.92 Å². The van der Waals surface area contributed by atoms with Crippen LogP contribution in [0.5, 0.6) is 0 Å². The van der Waals surface area contributed by atoms with Crippen molar-refractivity contribution in [1.82, 2.24) is 0 Å². The highest BCUT2D eigenvalue weighted by atomic mass is 16.1. The van der Waals surface area contributed by atoms with Gasteiger partial charge in [-0.05, 0) is 37.5 Å². The molecule has 0 saturated carbocycles. The van der Waals surface area contributed by atoms with Crippen molar-refractivity contribution < 1.29 is 4.79 Å². The van der Waals surface area contributed by atoms with Crippen LogP contribution in [-0.4, -0.2) is 5.78 Å². The molecule has 0 bridgehead atoms. The molecule has 0 heterocycles. The van der Waals surface area contributed by atoms with E-state index >= 15 is 0 Å². The predicted octanol–water partition coefficient (Wildman–Crippen LogP) is 2.34. The van der Waals surface area contributed by atoms with Gasteiger partial charge in [-0.15, -0.1) is 0 Å². The minimum absolute atomic E-state index is 0.0379. The van der Waals surface area contributed by atoms with Crippen LogP contribution in [0, 0.1) is 6.92 Å². The summed E-state index contributed by atoms with van der Waals surface area (Å²) in [6.45, 7) is 5.54. The fourth-order valence-corrected chi connectivity index (χ4v) is 1.37. The van der Waals surface area contributed by atoms with Gasteiger partial charge in [-0.2, -0.15) is 0 Å². The van der Waals surface area contributed by atoms with Gasteiger partial charge in [-0.1, -0.05) is 13.0 Å². The molecule has 0 atom stereocenters. The summed E-state index contributed by atoms with van der Waals surface area (Å²) in [7, 11) is 0. The third-order valence-electron chi connectivity index (χ3n) is 2.23. The van der Waals surface area contributed by atoms with Crippen molar-refractivity contribution in [2.45, 2.75) is 27.2 Å². The first-order valence-electron chi connectivity index (χ1n) is 4.46. The molecule has 70 valence electrons. The van der Waals surface area contributed by atoms with Crippen LogP contribution in [0.25, 0.3) is 0 Å². The first-order chi connectivity index (χ1) is 6.06. The van der Waals surface area contributed by atoms with E-state index in [0.29, 0.717) is 11.3 Å². The zero-order chi connectivity index (χ0) is 10.0. The van der Waals surface area contributed by atoms with Crippen LogP contribution in [0.3, 0.4) is 0 Å². The normalized spacial score (nSPS) is 10.1. The Kier molecular flexibility index (Phi) is 2.71. The number of hydrogen-bond donors (Lipinski definition) is 1. The molecule has 2 N–H and O–H groups in total. The maximum absolute atomic E-state index is 11.2. The highest BCUT2D eigenvalue weighted by Gasteiger charge is 2.07. The quantitative estimate of drug-likeness (QED) is 0.556. The molecule has 0 aliphatic heterocycles. The monoisotopic (exact) mass is 177 g/mol. The molecule has 0 spiro atoms. The summed E-state index contributed by atoms with van der Waals surface area (Å²) in [6, 6.07) is 3.91. The van der Waals surface area contributed by atoms with Crippen molar-refractivity contribution in [3.8, 4) is 0 Å². The SMILES string of the molecule is CCc1cc(C)c(N)c(C(C)=O)c1. The standard InChI is InChI=1S/C11H15NO/c1-4-9-5-7(2)11(12)10(6-9)8(3)13/h5-6H,4,12H2,1-3H3. The molecule has 2 heteroatoms. The van der Waals surface area contributed by atoms with E-state index in [4.69, 9.17) is 5.73 Å². The number of aryl methyl sites for hydroxylation is 2. The Balaban J connectivity index is 3.33. The lowest BCUT2D eigenvalue weighted by atomic mass is 10.00. The molecule has 0 radical (unpaired) electrons. The van der Waals surface area contributed by atoms with Gasteiger partial charge < -0.3 is 5.73 Å². The molecule has 1 aromatic carbocycles. The molecular weight excluding hydrogens is 162 g/mol. The van der Waals surface area contributed by atoms with Crippen LogP contribution in [-0.2, 0) is 6.42 Å². The van der Waals surface area contributed by atoms with Gasteiger partial charge >= 0.3 is 0 Å². The third kappa shape index (κ3) is 1.89. The Hall–Kier alpha value is -1.31. The smallest absolute Gasteiger partial charge is 0.161 e. The van der Waals surface area contributed by atoms with Crippen LogP contribution >= 0.6 is 0 Å². The summed E-state index contributed by atoms with van der Waals surface area (Å²) in [4.78, 5) is 11.2. The average Bonchev–Trinajstić information content (AvgIpc) is 2.09. The summed E-state index contributed by atoms with van der Waals surface area (Å²) in [5.41, 5.74) is 9.21. The number of carbonyl (C=O) groups excluding carboxylic acids is 1.